The molecular formula is C21H22FN3O4S. The van der Waals surface area contributed by atoms with Crippen molar-refractivity contribution in [1.82, 2.24) is 14.5 Å². The van der Waals surface area contributed by atoms with Crippen LogP contribution in [0.25, 0.3) is 11.5 Å². The molecule has 0 saturated carbocycles. The molecule has 2 heterocycles. The van der Waals surface area contributed by atoms with E-state index in [0.717, 1.165) is 5.56 Å². The molecule has 3 aromatic rings. The maximum absolute atomic E-state index is 14.0. The van der Waals surface area contributed by atoms with E-state index in [-0.39, 0.29) is 28.8 Å². The molecule has 1 aromatic heterocycles. The van der Waals surface area contributed by atoms with Gasteiger partial charge in [0.2, 0.25) is 15.9 Å². The Bertz CT molecular complexity index is 1160. The van der Waals surface area contributed by atoms with Crippen molar-refractivity contribution in [3.63, 3.8) is 0 Å². The molecule has 7 nitrogen and oxygen atoms in total. The van der Waals surface area contributed by atoms with Gasteiger partial charge in [-0.1, -0.05) is 12.1 Å². The van der Waals surface area contributed by atoms with Gasteiger partial charge in [0.15, 0.2) is 0 Å². The fraction of sp³-hybridized carbons (Fsp3) is 0.333. The molecule has 2 aromatic carbocycles. The maximum Gasteiger partial charge on any atom is 0.250 e. The number of aromatic nitrogens is 2. The largest absolute Gasteiger partial charge is 0.496 e. The van der Waals surface area contributed by atoms with Gasteiger partial charge < -0.3 is 9.15 Å². The van der Waals surface area contributed by atoms with E-state index >= 15 is 0 Å². The average Bonchev–Trinajstić information content (AvgIpc) is 3.24. The maximum atomic E-state index is 14.0. The molecule has 9 heteroatoms. The van der Waals surface area contributed by atoms with Gasteiger partial charge in [-0.2, -0.15) is 4.31 Å². The average molecular weight is 431 g/mol. The number of ether oxygens (including phenoxy) is 1. The highest BCUT2D eigenvalue weighted by Gasteiger charge is 2.33. The molecule has 0 N–H and O–H groups in total. The summed E-state index contributed by atoms with van der Waals surface area (Å²) < 4.78 is 52.7. The number of hydrogen-bond acceptors (Lipinski definition) is 6. The van der Waals surface area contributed by atoms with E-state index in [1.54, 1.807) is 50.4 Å². The van der Waals surface area contributed by atoms with Gasteiger partial charge >= 0.3 is 0 Å². The normalized spacial score (nSPS) is 17.8. The van der Waals surface area contributed by atoms with Crippen LogP contribution in [0.3, 0.4) is 0 Å². The van der Waals surface area contributed by atoms with Crippen LogP contribution in [0.2, 0.25) is 0 Å². The van der Waals surface area contributed by atoms with Crippen LogP contribution in [0.1, 0.15) is 30.2 Å². The van der Waals surface area contributed by atoms with E-state index in [9.17, 15) is 12.8 Å². The summed E-state index contributed by atoms with van der Waals surface area (Å²) in [6.07, 6.45) is 1.38. The number of hydrogen-bond donors (Lipinski definition) is 0. The fourth-order valence-corrected chi connectivity index (χ4v) is 5.28. The van der Waals surface area contributed by atoms with Crippen LogP contribution in [-0.2, 0) is 10.0 Å². The Morgan fingerprint density at radius 1 is 1.20 bits per heavy atom. The summed E-state index contributed by atoms with van der Waals surface area (Å²) in [4.78, 5) is 0.221. The predicted molar refractivity (Wildman–Crippen MR) is 108 cm³/mol. The van der Waals surface area contributed by atoms with Crippen molar-refractivity contribution in [1.29, 1.82) is 0 Å². The highest BCUT2D eigenvalue weighted by molar-refractivity contribution is 7.89. The Kier molecular flexibility index (Phi) is 5.57. The summed E-state index contributed by atoms with van der Waals surface area (Å²) >= 11 is 0. The first-order valence-corrected chi connectivity index (χ1v) is 11.1. The topological polar surface area (TPSA) is 85.5 Å². The fourth-order valence-electron chi connectivity index (χ4n) is 3.67. The van der Waals surface area contributed by atoms with Crippen molar-refractivity contribution in [3.8, 4) is 17.2 Å². The van der Waals surface area contributed by atoms with Gasteiger partial charge in [-0.15, -0.1) is 10.2 Å². The summed E-state index contributed by atoms with van der Waals surface area (Å²) in [6, 6.07) is 11.0. The van der Waals surface area contributed by atoms with Gasteiger partial charge in [-0.25, -0.2) is 12.8 Å². The molecule has 1 saturated heterocycles. The Hall–Kier alpha value is -2.78. The quantitative estimate of drug-likeness (QED) is 0.611. The monoisotopic (exact) mass is 431 g/mol. The molecule has 158 valence electrons. The number of aryl methyl sites for hydroxylation is 1. The molecule has 1 atom stereocenters. The highest BCUT2D eigenvalue weighted by Crippen LogP contribution is 2.32. The van der Waals surface area contributed by atoms with Crippen molar-refractivity contribution < 1.29 is 22.0 Å². The van der Waals surface area contributed by atoms with E-state index in [2.05, 4.69) is 10.2 Å². The van der Waals surface area contributed by atoms with Gasteiger partial charge in [0.25, 0.3) is 5.89 Å². The Morgan fingerprint density at radius 2 is 2.00 bits per heavy atom. The van der Waals surface area contributed by atoms with E-state index in [0.29, 0.717) is 31.0 Å². The van der Waals surface area contributed by atoms with E-state index < -0.39 is 15.8 Å². The van der Waals surface area contributed by atoms with Crippen LogP contribution >= 0.6 is 0 Å². The number of sulfonamides is 1. The Labute approximate surface area is 174 Å². The van der Waals surface area contributed by atoms with Gasteiger partial charge in [-0.3, -0.25) is 0 Å². The van der Waals surface area contributed by atoms with E-state index in [1.807, 2.05) is 0 Å². The summed E-state index contributed by atoms with van der Waals surface area (Å²) in [6.45, 7) is 2.45. The number of piperidine rings is 1. The lowest BCUT2D eigenvalue weighted by Gasteiger charge is -2.30. The molecular weight excluding hydrogens is 409 g/mol. The van der Waals surface area contributed by atoms with Gasteiger partial charge in [0, 0.05) is 13.1 Å². The third-order valence-electron chi connectivity index (χ3n) is 5.28. The molecule has 30 heavy (non-hydrogen) atoms. The second-order valence-corrected chi connectivity index (χ2v) is 9.20. The molecule has 0 bridgehead atoms. The van der Waals surface area contributed by atoms with Gasteiger partial charge in [-0.05, 0) is 55.7 Å². The van der Waals surface area contributed by atoms with Gasteiger partial charge in [0.05, 0.1) is 23.5 Å². The second-order valence-electron chi connectivity index (χ2n) is 7.26. The van der Waals surface area contributed by atoms with Crippen LogP contribution in [0, 0.1) is 12.7 Å². The number of methoxy groups -OCH3 is 1. The minimum absolute atomic E-state index is 0.0915. The molecule has 1 aliphatic heterocycles. The van der Waals surface area contributed by atoms with E-state index in [4.69, 9.17) is 9.15 Å². The molecule has 0 spiro atoms. The van der Waals surface area contributed by atoms with Crippen LogP contribution in [0.5, 0.6) is 5.75 Å². The van der Waals surface area contributed by atoms with Crippen LogP contribution in [0.15, 0.2) is 51.8 Å². The zero-order valence-electron chi connectivity index (χ0n) is 16.7. The molecule has 0 amide bonds. The summed E-state index contributed by atoms with van der Waals surface area (Å²) in [5.74, 6) is 0.348. The SMILES string of the molecule is COc1ccc(S(=O)(=O)N2CCCC(c3nnc(-c4ccccc4F)o3)C2)cc1C. The Balaban J connectivity index is 1.56. The number of halogens is 1. The molecule has 1 aliphatic rings. The number of rotatable bonds is 5. The van der Waals surface area contributed by atoms with Crippen molar-refractivity contribution in [2.75, 3.05) is 20.2 Å². The first kappa shape index (κ1) is 20.5. The van der Waals surface area contributed by atoms with Crippen LogP contribution < -0.4 is 4.74 Å². The smallest absolute Gasteiger partial charge is 0.250 e. The van der Waals surface area contributed by atoms with Gasteiger partial charge in [0.1, 0.15) is 11.6 Å². The molecule has 0 radical (unpaired) electrons. The highest BCUT2D eigenvalue weighted by atomic mass is 32.2. The van der Waals surface area contributed by atoms with Crippen LogP contribution in [0.4, 0.5) is 4.39 Å². The van der Waals surface area contributed by atoms with Crippen molar-refractivity contribution in [2.45, 2.75) is 30.6 Å². The standard InChI is InChI=1S/C21H22FN3O4S/c1-14-12-16(9-10-19(14)28-2)30(26,27)25-11-5-6-15(13-25)20-23-24-21(29-20)17-7-3-4-8-18(17)22/h3-4,7-10,12,15H,5-6,11,13H2,1-2H3. The zero-order chi connectivity index (χ0) is 21.3. The summed E-state index contributed by atoms with van der Waals surface area (Å²) in [5.41, 5.74) is 0.976. The lowest BCUT2D eigenvalue weighted by molar-refractivity contribution is 0.286. The summed E-state index contributed by atoms with van der Waals surface area (Å²) in [5, 5.41) is 8.02. The van der Waals surface area contributed by atoms with Crippen molar-refractivity contribution in [3.05, 3.63) is 59.7 Å². The number of nitrogens with zero attached hydrogens (tertiary/aromatic N) is 3. The predicted octanol–water partition coefficient (Wildman–Crippen LogP) is 3.76. The first-order valence-electron chi connectivity index (χ1n) is 9.63. The molecule has 0 aliphatic carbocycles. The lowest BCUT2D eigenvalue weighted by Crippen LogP contribution is -2.39. The lowest BCUT2D eigenvalue weighted by atomic mass is 10.00. The molecule has 4 rings (SSSR count). The minimum Gasteiger partial charge on any atom is -0.496 e. The van der Waals surface area contributed by atoms with Crippen molar-refractivity contribution >= 4 is 10.0 Å². The zero-order valence-corrected chi connectivity index (χ0v) is 17.5. The third-order valence-corrected chi connectivity index (χ3v) is 7.14. The first-order chi connectivity index (χ1) is 14.4. The van der Waals surface area contributed by atoms with Crippen LogP contribution in [-0.4, -0.2) is 43.1 Å². The molecule has 1 fully saturated rings. The van der Waals surface area contributed by atoms with Crippen molar-refractivity contribution in [2.24, 2.45) is 0 Å². The minimum atomic E-state index is -3.67. The van der Waals surface area contributed by atoms with E-state index in [1.165, 1.54) is 10.4 Å². The number of benzene rings is 2. The summed E-state index contributed by atoms with van der Waals surface area (Å²) in [7, 11) is -2.13. The molecule has 1 unspecified atom stereocenters. The second kappa shape index (κ2) is 8.16. The Morgan fingerprint density at radius 3 is 2.73 bits per heavy atom. The third kappa shape index (κ3) is 3.82.